The SMILES string of the molecule is Cc1ccc(C(N)c2ccc(C)n(C3CCCC3)c2=O)c(C)c1. The molecule has 122 valence electrons. The monoisotopic (exact) mass is 310 g/mol. The van der Waals surface area contributed by atoms with E-state index in [0.717, 1.165) is 29.7 Å². The van der Waals surface area contributed by atoms with Gasteiger partial charge in [0.25, 0.3) is 5.56 Å². The van der Waals surface area contributed by atoms with Crippen LogP contribution in [0.2, 0.25) is 0 Å². The van der Waals surface area contributed by atoms with E-state index in [4.69, 9.17) is 5.73 Å². The van der Waals surface area contributed by atoms with E-state index in [-0.39, 0.29) is 11.6 Å². The minimum absolute atomic E-state index is 0.0874. The number of aryl methyl sites for hydroxylation is 3. The second kappa shape index (κ2) is 6.32. The fourth-order valence-corrected chi connectivity index (χ4v) is 3.86. The average molecular weight is 310 g/mol. The molecule has 0 spiro atoms. The van der Waals surface area contributed by atoms with Gasteiger partial charge in [-0.3, -0.25) is 4.79 Å². The number of aromatic nitrogens is 1. The molecule has 0 aliphatic heterocycles. The van der Waals surface area contributed by atoms with Gasteiger partial charge < -0.3 is 10.3 Å². The van der Waals surface area contributed by atoms with E-state index in [1.807, 2.05) is 23.6 Å². The van der Waals surface area contributed by atoms with Crippen molar-refractivity contribution in [2.24, 2.45) is 5.73 Å². The zero-order valence-electron chi connectivity index (χ0n) is 14.3. The molecule has 2 aromatic rings. The van der Waals surface area contributed by atoms with Crippen LogP contribution >= 0.6 is 0 Å². The predicted molar refractivity (Wildman–Crippen MR) is 94.9 cm³/mol. The van der Waals surface area contributed by atoms with Crippen molar-refractivity contribution in [2.45, 2.75) is 58.5 Å². The molecule has 1 aromatic heterocycles. The van der Waals surface area contributed by atoms with E-state index in [0.29, 0.717) is 11.6 Å². The van der Waals surface area contributed by atoms with Gasteiger partial charge >= 0.3 is 0 Å². The summed E-state index contributed by atoms with van der Waals surface area (Å²) >= 11 is 0. The van der Waals surface area contributed by atoms with Gasteiger partial charge in [-0.05, 0) is 56.9 Å². The fraction of sp³-hybridized carbons (Fsp3) is 0.450. The topological polar surface area (TPSA) is 48.0 Å². The normalized spacial score (nSPS) is 16.7. The molecule has 2 N–H and O–H groups in total. The molecule has 3 heteroatoms. The summed E-state index contributed by atoms with van der Waals surface area (Å²) in [6, 6.07) is 10.2. The molecule has 1 atom stereocenters. The Bertz CT molecular complexity index is 770. The summed E-state index contributed by atoms with van der Waals surface area (Å²) in [6.07, 6.45) is 4.62. The number of nitrogens with two attached hydrogens (primary N) is 1. The van der Waals surface area contributed by atoms with Gasteiger partial charge in [0.05, 0.1) is 6.04 Å². The largest absolute Gasteiger partial charge is 0.320 e. The summed E-state index contributed by atoms with van der Waals surface area (Å²) in [4.78, 5) is 13.1. The van der Waals surface area contributed by atoms with Crippen LogP contribution in [0.1, 0.15) is 65.7 Å². The molecule has 1 saturated carbocycles. The van der Waals surface area contributed by atoms with Gasteiger partial charge in [0, 0.05) is 17.3 Å². The van der Waals surface area contributed by atoms with Gasteiger partial charge in [-0.15, -0.1) is 0 Å². The van der Waals surface area contributed by atoms with Crippen molar-refractivity contribution >= 4 is 0 Å². The smallest absolute Gasteiger partial charge is 0.256 e. The Kier molecular flexibility index (Phi) is 4.40. The molecule has 1 aliphatic rings. The van der Waals surface area contributed by atoms with Gasteiger partial charge in [0.1, 0.15) is 0 Å². The third-order valence-corrected chi connectivity index (χ3v) is 5.14. The molecule has 3 rings (SSSR count). The third-order valence-electron chi connectivity index (χ3n) is 5.14. The van der Waals surface area contributed by atoms with Crippen LogP contribution in [-0.4, -0.2) is 4.57 Å². The predicted octanol–water partition coefficient (Wildman–Crippen LogP) is 3.94. The molecular weight excluding hydrogens is 284 g/mol. The first-order chi connectivity index (χ1) is 11.0. The molecule has 0 radical (unpaired) electrons. The lowest BCUT2D eigenvalue weighted by atomic mass is 9.95. The van der Waals surface area contributed by atoms with Crippen LogP contribution in [0.15, 0.2) is 35.1 Å². The number of nitrogens with zero attached hydrogens (tertiary/aromatic N) is 1. The maximum Gasteiger partial charge on any atom is 0.256 e. The number of hydrogen-bond acceptors (Lipinski definition) is 2. The van der Waals surface area contributed by atoms with E-state index in [9.17, 15) is 4.79 Å². The lowest BCUT2D eigenvalue weighted by molar-refractivity contribution is 0.486. The summed E-state index contributed by atoms with van der Waals surface area (Å²) in [7, 11) is 0. The highest BCUT2D eigenvalue weighted by atomic mass is 16.1. The van der Waals surface area contributed by atoms with Crippen molar-refractivity contribution in [2.75, 3.05) is 0 Å². The molecule has 0 bridgehead atoms. The van der Waals surface area contributed by atoms with Crippen LogP contribution in [0.3, 0.4) is 0 Å². The molecular formula is C20H26N2O. The van der Waals surface area contributed by atoms with Gasteiger partial charge in [-0.2, -0.15) is 0 Å². The van der Waals surface area contributed by atoms with Crippen molar-refractivity contribution in [1.29, 1.82) is 0 Å². The van der Waals surface area contributed by atoms with Crippen LogP contribution in [-0.2, 0) is 0 Å². The van der Waals surface area contributed by atoms with Crippen molar-refractivity contribution in [3.63, 3.8) is 0 Å². The van der Waals surface area contributed by atoms with Crippen molar-refractivity contribution < 1.29 is 0 Å². The van der Waals surface area contributed by atoms with Crippen LogP contribution in [0, 0.1) is 20.8 Å². The van der Waals surface area contributed by atoms with Crippen LogP contribution in [0.4, 0.5) is 0 Å². The van der Waals surface area contributed by atoms with E-state index in [1.165, 1.54) is 18.4 Å². The molecule has 1 unspecified atom stereocenters. The van der Waals surface area contributed by atoms with Gasteiger partial charge in [0.2, 0.25) is 0 Å². The second-order valence-electron chi connectivity index (χ2n) is 6.88. The van der Waals surface area contributed by atoms with Crippen molar-refractivity contribution in [1.82, 2.24) is 4.57 Å². The van der Waals surface area contributed by atoms with E-state index < -0.39 is 0 Å². The maximum absolute atomic E-state index is 13.1. The summed E-state index contributed by atoms with van der Waals surface area (Å²) in [6.45, 7) is 6.15. The zero-order chi connectivity index (χ0) is 16.6. The molecule has 3 nitrogen and oxygen atoms in total. The molecule has 1 fully saturated rings. The van der Waals surface area contributed by atoms with Gasteiger partial charge in [-0.25, -0.2) is 0 Å². The molecule has 1 aromatic carbocycles. The minimum Gasteiger partial charge on any atom is -0.320 e. The fourth-order valence-electron chi connectivity index (χ4n) is 3.86. The lowest BCUT2D eigenvalue weighted by Crippen LogP contribution is -2.32. The zero-order valence-corrected chi connectivity index (χ0v) is 14.3. The summed E-state index contributed by atoms with van der Waals surface area (Å²) in [5.41, 5.74) is 11.7. The first-order valence-electron chi connectivity index (χ1n) is 8.54. The van der Waals surface area contributed by atoms with Gasteiger partial charge in [0.15, 0.2) is 0 Å². The molecule has 0 saturated heterocycles. The Hall–Kier alpha value is -1.87. The summed E-state index contributed by atoms with van der Waals surface area (Å²) in [5, 5.41) is 0. The van der Waals surface area contributed by atoms with E-state index in [1.54, 1.807) is 0 Å². The number of hydrogen-bond donors (Lipinski definition) is 1. The highest BCUT2D eigenvalue weighted by Gasteiger charge is 2.23. The lowest BCUT2D eigenvalue weighted by Gasteiger charge is -2.21. The third kappa shape index (κ3) is 2.98. The highest BCUT2D eigenvalue weighted by Crippen LogP contribution is 2.30. The summed E-state index contributed by atoms with van der Waals surface area (Å²) < 4.78 is 1.98. The first-order valence-corrected chi connectivity index (χ1v) is 8.54. The Morgan fingerprint density at radius 1 is 1.04 bits per heavy atom. The second-order valence-corrected chi connectivity index (χ2v) is 6.88. The molecule has 1 heterocycles. The number of benzene rings is 1. The maximum atomic E-state index is 13.1. The highest BCUT2D eigenvalue weighted by molar-refractivity contribution is 5.38. The van der Waals surface area contributed by atoms with E-state index in [2.05, 4.69) is 32.0 Å². The Balaban J connectivity index is 2.06. The Morgan fingerprint density at radius 3 is 2.35 bits per heavy atom. The first kappa shape index (κ1) is 16.0. The number of pyridine rings is 1. The van der Waals surface area contributed by atoms with Crippen LogP contribution in [0.25, 0.3) is 0 Å². The van der Waals surface area contributed by atoms with E-state index >= 15 is 0 Å². The van der Waals surface area contributed by atoms with Crippen LogP contribution < -0.4 is 11.3 Å². The van der Waals surface area contributed by atoms with Crippen LogP contribution in [0.5, 0.6) is 0 Å². The summed E-state index contributed by atoms with van der Waals surface area (Å²) in [5.74, 6) is 0. The quantitative estimate of drug-likeness (QED) is 0.933. The minimum atomic E-state index is -0.364. The Labute approximate surface area is 138 Å². The molecule has 1 aliphatic carbocycles. The molecule has 23 heavy (non-hydrogen) atoms. The standard InChI is InChI=1S/C20H26N2O/c1-13-8-10-17(14(2)12-13)19(21)18-11-9-15(3)22(20(18)23)16-6-4-5-7-16/h8-12,16,19H,4-7,21H2,1-3H3. The molecule has 0 amide bonds. The van der Waals surface area contributed by atoms with Crippen molar-refractivity contribution in [3.8, 4) is 0 Å². The van der Waals surface area contributed by atoms with Crippen molar-refractivity contribution in [3.05, 3.63) is 68.6 Å². The Morgan fingerprint density at radius 2 is 1.70 bits per heavy atom. The average Bonchev–Trinajstić information content (AvgIpc) is 3.01. The number of rotatable bonds is 3. The van der Waals surface area contributed by atoms with Gasteiger partial charge in [-0.1, -0.05) is 36.6 Å².